The fourth-order valence-corrected chi connectivity index (χ4v) is 2.09. The summed E-state index contributed by atoms with van der Waals surface area (Å²) in [5, 5.41) is 6.92. The molecule has 0 aliphatic rings. The summed E-state index contributed by atoms with van der Waals surface area (Å²) in [6.07, 6.45) is 5.04. The van der Waals surface area contributed by atoms with E-state index >= 15 is 0 Å². The molecule has 0 spiro atoms. The molecule has 0 unspecified atom stereocenters. The first-order valence-electron chi connectivity index (χ1n) is 6.73. The van der Waals surface area contributed by atoms with E-state index in [4.69, 9.17) is 5.73 Å². The SMILES string of the molecule is CCCc1[nH]nc(C(=O)N(CC)c2ccncc2)c1N. The summed E-state index contributed by atoms with van der Waals surface area (Å²) in [7, 11) is 0. The molecule has 0 aliphatic heterocycles. The number of carbonyl (C=O) groups excluding carboxylic acids is 1. The Kier molecular flexibility index (Phi) is 4.34. The largest absolute Gasteiger partial charge is 0.395 e. The predicted octanol–water partition coefficient (Wildman–Crippen LogP) is 2.01. The molecule has 106 valence electrons. The lowest BCUT2D eigenvalue weighted by Crippen LogP contribution is -2.31. The molecular weight excluding hydrogens is 254 g/mol. The Balaban J connectivity index is 2.30. The van der Waals surface area contributed by atoms with E-state index in [0.717, 1.165) is 24.2 Å². The van der Waals surface area contributed by atoms with Gasteiger partial charge in [0, 0.05) is 24.6 Å². The first-order valence-corrected chi connectivity index (χ1v) is 6.73. The third-order valence-electron chi connectivity index (χ3n) is 3.12. The van der Waals surface area contributed by atoms with Crippen molar-refractivity contribution in [2.75, 3.05) is 17.2 Å². The van der Waals surface area contributed by atoms with Gasteiger partial charge in [-0.05, 0) is 25.5 Å². The molecule has 0 radical (unpaired) electrons. The van der Waals surface area contributed by atoms with Crippen LogP contribution in [0, 0.1) is 0 Å². The first-order chi connectivity index (χ1) is 9.69. The van der Waals surface area contributed by atoms with Crippen LogP contribution in [0.4, 0.5) is 11.4 Å². The molecule has 0 bridgehead atoms. The summed E-state index contributed by atoms with van der Waals surface area (Å²) in [5.41, 5.74) is 8.35. The van der Waals surface area contributed by atoms with Crippen molar-refractivity contribution in [1.82, 2.24) is 15.2 Å². The maximum absolute atomic E-state index is 12.6. The van der Waals surface area contributed by atoms with Gasteiger partial charge < -0.3 is 10.6 Å². The lowest BCUT2D eigenvalue weighted by Gasteiger charge is -2.19. The molecule has 0 aromatic carbocycles. The molecule has 2 heterocycles. The number of anilines is 2. The van der Waals surface area contributed by atoms with E-state index in [9.17, 15) is 4.79 Å². The fourth-order valence-electron chi connectivity index (χ4n) is 2.09. The van der Waals surface area contributed by atoms with E-state index in [1.54, 1.807) is 29.4 Å². The average molecular weight is 273 g/mol. The quantitative estimate of drug-likeness (QED) is 0.872. The molecule has 3 N–H and O–H groups in total. The van der Waals surface area contributed by atoms with Crippen molar-refractivity contribution in [3.8, 4) is 0 Å². The van der Waals surface area contributed by atoms with Crippen LogP contribution in [0.3, 0.4) is 0 Å². The highest BCUT2D eigenvalue weighted by Gasteiger charge is 2.22. The number of amides is 1. The Labute approximate surface area is 118 Å². The highest BCUT2D eigenvalue weighted by molar-refractivity contribution is 6.08. The number of nitrogen functional groups attached to an aromatic ring is 1. The number of nitrogens with zero attached hydrogens (tertiary/aromatic N) is 3. The fraction of sp³-hybridized carbons (Fsp3) is 0.357. The van der Waals surface area contributed by atoms with Crippen LogP contribution in [0.5, 0.6) is 0 Å². The van der Waals surface area contributed by atoms with Gasteiger partial charge in [-0.15, -0.1) is 0 Å². The number of aromatic amines is 1. The van der Waals surface area contributed by atoms with E-state index in [1.165, 1.54) is 0 Å². The molecule has 0 atom stereocenters. The van der Waals surface area contributed by atoms with Crippen molar-refractivity contribution in [1.29, 1.82) is 0 Å². The van der Waals surface area contributed by atoms with Gasteiger partial charge in [0.2, 0.25) is 0 Å². The van der Waals surface area contributed by atoms with Crippen molar-refractivity contribution in [2.24, 2.45) is 0 Å². The molecule has 1 amide bonds. The monoisotopic (exact) mass is 273 g/mol. The van der Waals surface area contributed by atoms with Crippen molar-refractivity contribution in [3.63, 3.8) is 0 Å². The van der Waals surface area contributed by atoms with Gasteiger partial charge in [0.15, 0.2) is 5.69 Å². The number of pyridine rings is 1. The predicted molar refractivity (Wildman–Crippen MR) is 78.6 cm³/mol. The van der Waals surface area contributed by atoms with Crippen LogP contribution in [-0.4, -0.2) is 27.6 Å². The Morgan fingerprint density at radius 1 is 1.35 bits per heavy atom. The summed E-state index contributed by atoms with van der Waals surface area (Å²) in [4.78, 5) is 18.1. The van der Waals surface area contributed by atoms with Gasteiger partial charge in [0.05, 0.1) is 11.4 Å². The van der Waals surface area contributed by atoms with Gasteiger partial charge in [-0.25, -0.2) is 0 Å². The van der Waals surface area contributed by atoms with Gasteiger partial charge in [-0.3, -0.25) is 14.9 Å². The minimum atomic E-state index is -0.199. The topological polar surface area (TPSA) is 87.9 Å². The minimum Gasteiger partial charge on any atom is -0.395 e. The van der Waals surface area contributed by atoms with Crippen molar-refractivity contribution >= 4 is 17.3 Å². The van der Waals surface area contributed by atoms with Crippen LogP contribution in [0.15, 0.2) is 24.5 Å². The van der Waals surface area contributed by atoms with Crippen LogP contribution in [0.1, 0.15) is 36.5 Å². The van der Waals surface area contributed by atoms with Crippen LogP contribution in [0.25, 0.3) is 0 Å². The van der Waals surface area contributed by atoms with E-state index in [-0.39, 0.29) is 11.6 Å². The normalized spacial score (nSPS) is 10.5. The lowest BCUT2D eigenvalue weighted by molar-refractivity contribution is 0.0984. The molecule has 0 saturated heterocycles. The summed E-state index contributed by atoms with van der Waals surface area (Å²) in [6.45, 7) is 4.50. The number of aryl methyl sites for hydroxylation is 1. The van der Waals surface area contributed by atoms with Crippen molar-refractivity contribution in [2.45, 2.75) is 26.7 Å². The van der Waals surface area contributed by atoms with E-state index in [2.05, 4.69) is 22.1 Å². The number of nitrogens with two attached hydrogens (primary N) is 1. The number of carbonyl (C=O) groups is 1. The van der Waals surface area contributed by atoms with Gasteiger partial charge >= 0.3 is 0 Å². The Bertz CT molecular complexity index is 579. The van der Waals surface area contributed by atoms with Crippen molar-refractivity contribution < 1.29 is 4.79 Å². The standard InChI is InChI=1S/C14H19N5O/c1-3-5-11-12(15)13(18-17-11)14(20)19(4-2)10-6-8-16-9-7-10/h6-9H,3-5,15H2,1-2H3,(H,17,18). The Morgan fingerprint density at radius 3 is 2.65 bits per heavy atom. The number of aromatic nitrogens is 3. The van der Waals surface area contributed by atoms with Crippen LogP contribution >= 0.6 is 0 Å². The summed E-state index contributed by atoms with van der Waals surface area (Å²) in [5.74, 6) is -0.199. The molecular formula is C14H19N5O. The van der Waals surface area contributed by atoms with Crippen LogP contribution in [0.2, 0.25) is 0 Å². The zero-order chi connectivity index (χ0) is 14.5. The molecule has 2 aromatic heterocycles. The van der Waals surface area contributed by atoms with Gasteiger partial charge in [0.1, 0.15) is 0 Å². The first kappa shape index (κ1) is 14.0. The molecule has 0 saturated carbocycles. The molecule has 2 aromatic rings. The summed E-state index contributed by atoms with van der Waals surface area (Å²) >= 11 is 0. The van der Waals surface area contributed by atoms with Crippen molar-refractivity contribution in [3.05, 3.63) is 35.9 Å². The highest BCUT2D eigenvalue weighted by atomic mass is 16.2. The summed E-state index contributed by atoms with van der Waals surface area (Å²) < 4.78 is 0. The van der Waals surface area contributed by atoms with Gasteiger partial charge in [-0.2, -0.15) is 5.10 Å². The molecule has 0 fully saturated rings. The second-order valence-electron chi connectivity index (χ2n) is 4.47. The average Bonchev–Trinajstić information content (AvgIpc) is 2.83. The second kappa shape index (κ2) is 6.18. The van der Waals surface area contributed by atoms with Crippen LogP contribution < -0.4 is 10.6 Å². The molecule has 6 nitrogen and oxygen atoms in total. The zero-order valence-corrected chi connectivity index (χ0v) is 11.8. The second-order valence-corrected chi connectivity index (χ2v) is 4.47. The number of H-pyrrole nitrogens is 1. The highest BCUT2D eigenvalue weighted by Crippen LogP contribution is 2.21. The number of rotatable bonds is 5. The Hall–Kier alpha value is -2.37. The molecule has 20 heavy (non-hydrogen) atoms. The molecule has 6 heteroatoms. The number of hydrogen-bond donors (Lipinski definition) is 2. The minimum absolute atomic E-state index is 0.199. The summed E-state index contributed by atoms with van der Waals surface area (Å²) in [6, 6.07) is 3.58. The lowest BCUT2D eigenvalue weighted by atomic mass is 10.2. The third-order valence-corrected chi connectivity index (χ3v) is 3.12. The third kappa shape index (κ3) is 2.64. The van der Waals surface area contributed by atoms with E-state index < -0.39 is 0 Å². The number of nitrogens with one attached hydrogen (secondary N) is 1. The number of hydrogen-bond acceptors (Lipinski definition) is 4. The van der Waals surface area contributed by atoms with Gasteiger partial charge in [0.25, 0.3) is 5.91 Å². The Morgan fingerprint density at radius 2 is 2.05 bits per heavy atom. The smallest absolute Gasteiger partial charge is 0.280 e. The maximum atomic E-state index is 12.6. The van der Waals surface area contributed by atoms with E-state index in [0.29, 0.717) is 12.2 Å². The van der Waals surface area contributed by atoms with E-state index in [1.807, 2.05) is 6.92 Å². The molecule has 0 aliphatic carbocycles. The van der Waals surface area contributed by atoms with Crippen LogP contribution in [-0.2, 0) is 6.42 Å². The maximum Gasteiger partial charge on any atom is 0.280 e. The molecule has 2 rings (SSSR count). The van der Waals surface area contributed by atoms with Gasteiger partial charge in [-0.1, -0.05) is 13.3 Å². The zero-order valence-electron chi connectivity index (χ0n) is 11.8.